The fourth-order valence-electron chi connectivity index (χ4n) is 1.57. The van der Waals surface area contributed by atoms with Crippen molar-refractivity contribution < 1.29 is 9.53 Å². The predicted octanol–water partition coefficient (Wildman–Crippen LogP) is 1.46. The van der Waals surface area contributed by atoms with Crippen LogP contribution in [0.25, 0.3) is 0 Å². The highest BCUT2D eigenvalue weighted by Gasteiger charge is 2.16. The van der Waals surface area contributed by atoms with E-state index in [9.17, 15) is 4.79 Å². The highest BCUT2D eigenvalue weighted by molar-refractivity contribution is 5.74. The smallest absolute Gasteiger partial charge is 0.317 e. The zero-order valence-corrected chi connectivity index (χ0v) is 9.79. The number of carbonyl (C=O) groups excluding carboxylic acids is 1. The summed E-state index contributed by atoms with van der Waals surface area (Å²) in [6, 6.07) is 0.0742. The minimum Gasteiger partial charge on any atom is -0.381 e. The van der Waals surface area contributed by atoms with Gasteiger partial charge in [0.05, 0.1) is 0 Å². The third-order valence-corrected chi connectivity index (χ3v) is 2.34. The lowest BCUT2D eigenvalue weighted by molar-refractivity contribution is 0.100. The van der Waals surface area contributed by atoms with Gasteiger partial charge in [-0.3, -0.25) is 0 Å². The van der Waals surface area contributed by atoms with Crippen molar-refractivity contribution in [3.63, 3.8) is 0 Å². The van der Waals surface area contributed by atoms with Crippen LogP contribution in [0.15, 0.2) is 0 Å². The molecule has 1 N–H and O–H groups in total. The van der Waals surface area contributed by atoms with Gasteiger partial charge in [0.15, 0.2) is 0 Å². The quantitative estimate of drug-likeness (QED) is 0.680. The number of urea groups is 1. The third kappa shape index (κ3) is 5.02. The minimum atomic E-state index is 0.0742. The maximum atomic E-state index is 11.3. The molecular weight excluding hydrogens is 192 g/mol. The predicted molar refractivity (Wildman–Crippen MR) is 59.9 cm³/mol. The molecule has 0 unspecified atom stereocenters. The normalized spacial score (nSPS) is 17.0. The van der Waals surface area contributed by atoms with Crippen LogP contribution in [0.1, 0.15) is 26.7 Å². The van der Waals surface area contributed by atoms with Crippen molar-refractivity contribution in [2.24, 2.45) is 5.92 Å². The number of hydrogen-bond acceptors (Lipinski definition) is 2. The van der Waals surface area contributed by atoms with Crippen LogP contribution >= 0.6 is 0 Å². The molecule has 0 aromatic carbocycles. The summed E-state index contributed by atoms with van der Waals surface area (Å²) in [5, 5.41) is 2.84. The fourth-order valence-corrected chi connectivity index (χ4v) is 1.57. The average Bonchev–Trinajstić information content (AvgIpc) is 2.20. The standard InChI is InChI=1S/C11H22N2O2/c1-10(2)9-15-8-4-7-13-6-3-5-12-11(13)14/h10H,3-9H2,1-2H3,(H,12,14). The molecule has 1 saturated heterocycles. The first-order chi connectivity index (χ1) is 7.20. The molecule has 1 fully saturated rings. The number of carbonyl (C=O) groups is 1. The van der Waals surface area contributed by atoms with Crippen LogP contribution in [-0.2, 0) is 4.74 Å². The van der Waals surface area contributed by atoms with Gasteiger partial charge in [0.25, 0.3) is 0 Å². The lowest BCUT2D eigenvalue weighted by atomic mass is 10.2. The largest absolute Gasteiger partial charge is 0.381 e. The molecule has 0 spiro atoms. The van der Waals surface area contributed by atoms with E-state index in [2.05, 4.69) is 19.2 Å². The summed E-state index contributed by atoms with van der Waals surface area (Å²) in [7, 11) is 0. The van der Waals surface area contributed by atoms with E-state index in [0.717, 1.165) is 45.7 Å². The first kappa shape index (κ1) is 12.3. The van der Waals surface area contributed by atoms with E-state index < -0.39 is 0 Å². The molecule has 1 heterocycles. The lowest BCUT2D eigenvalue weighted by Crippen LogP contribution is -2.46. The second-order valence-electron chi connectivity index (χ2n) is 4.39. The van der Waals surface area contributed by atoms with Gasteiger partial charge in [-0.1, -0.05) is 13.8 Å². The van der Waals surface area contributed by atoms with Gasteiger partial charge >= 0.3 is 6.03 Å². The number of hydrogen-bond donors (Lipinski definition) is 1. The minimum absolute atomic E-state index is 0.0742. The number of rotatable bonds is 6. The summed E-state index contributed by atoms with van der Waals surface area (Å²) in [4.78, 5) is 13.2. The molecule has 0 saturated carbocycles. The van der Waals surface area contributed by atoms with Crippen LogP contribution in [0.5, 0.6) is 0 Å². The molecule has 0 aromatic rings. The van der Waals surface area contributed by atoms with E-state index in [0.29, 0.717) is 5.92 Å². The van der Waals surface area contributed by atoms with Crippen molar-refractivity contribution in [3.05, 3.63) is 0 Å². The van der Waals surface area contributed by atoms with Crippen molar-refractivity contribution in [3.8, 4) is 0 Å². The van der Waals surface area contributed by atoms with Gasteiger partial charge in [-0.15, -0.1) is 0 Å². The molecule has 0 aliphatic carbocycles. The second kappa shape index (κ2) is 6.67. The van der Waals surface area contributed by atoms with E-state index in [1.807, 2.05) is 4.90 Å². The number of nitrogens with zero attached hydrogens (tertiary/aromatic N) is 1. The molecule has 1 aliphatic heterocycles. The van der Waals surface area contributed by atoms with Crippen molar-refractivity contribution in [2.45, 2.75) is 26.7 Å². The van der Waals surface area contributed by atoms with Gasteiger partial charge in [0.1, 0.15) is 0 Å². The summed E-state index contributed by atoms with van der Waals surface area (Å²) in [6.07, 6.45) is 1.98. The second-order valence-corrected chi connectivity index (χ2v) is 4.39. The van der Waals surface area contributed by atoms with Crippen molar-refractivity contribution in [2.75, 3.05) is 32.8 Å². The third-order valence-electron chi connectivity index (χ3n) is 2.34. The van der Waals surface area contributed by atoms with Gasteiger partial charge in [-0.2, -0.15) is 0 Å². The molecule has 4 heteroatoms. The van der Waals surface area contributed by atoms with Crippen molar-refractivity contribution >= 4 is 6.03 Å². The fraction of sp³-hybridized carbons (Fsp3) is 0.909. The van der Waals surface area contributed by atoms with Gasteiger partial charge in [0.2, 0.25) is 0 Å². The topological polar surface area (TPSA) is 41.6 Å². The SMILES string of the molecule is CC(C)COCCCN1CCCNC1=O. The van der Waals surface area contributed by atoms with Crippen LogP contribution in [0.4, 0.5) is 4.79 Å². The van der Waals surface area contributed by atoms with Crippen LogP contribution in [0.2, 0.25) is 0 Å². The Kier molecular flexibility index (Phi) is 5.47. The molecular formula is C11H22N2O2. The van der Waals surface area contributed by atoms with Crippen LogP contribution in [-0.4, -0.2) is 43.8 Å². The Hall–Kier alpha value is -0.770. The van der Waals surface area contributed by atoms with E-state index in [-0.39, 0.29) is 6.03 Å². The van der Waals surface area contributed by atoms with Crippen LogP contribution in [0, 0.1) is 5.92 Å². The maximum absolute atomic E-state index is 11.3. The van der Waals surface area contributed by atoms with E-state index in [1.54, 1.807) is 0 Å². The lowest BCUT2D eigenvalue weighted by Gasteiger charge is -2.27. The average molecular weight is 214 g/mol. The Labute approximate surface area is 92.0 Å². The number of nitrogens with one attached hydrogen (secondary N) is 1. The highest BCUT2D eigenvalue weighted by Crippen LogP contribution is 2.01. The number of amides is 2. The first-order valence-corrected chi connectivity index (χ1v) is 5.80. The van der Waals surface area contributed by atoms with Crippen LogP contribution < -0.4 is 5.32 Å². The summed E-state index contributed by atoms with van der Waals surface area (Å²) < 4.78 is 5.46. The molecule has 0 radical (unpaired) electrons. The Morgan fingerprint density at radius 3 is 3.00 bits per heavy atom. The van der Waals surface area contributed by atoms with Gasteiger partial charge in [-0.25, -0.2) is 4.79 Å². The summed E-state index contributed by atoms with van der Waals surface area (Å²) in [6.45, 7) is 8.35. The Morgan fingerprint density at radius 1 is 1.53 bits per heavy atom. The molecule has 2 amide bonds. The van der Waals surface area contributed by atoms with E-state index in [4.69, 9.17) is 4.74 Å². The molecule has 4 nitrogen and oxygen atoms in total. The molecule has 0 atom stereocenters. The zero-order chi connectivity index (χ0) is 11.1. The Balaban J connectivity index is 2.01. The van der Waals surface area contributed by atoms with Crippen LogP contribution in [0.3, 0.4) is 0 Å². The molecule has 88 valence electrons. The number of ether oxygens (including phenoxy) is 1. The monoisotopic (exact) mass is 214 g/mol. The van der Waals surface area contributed by atoms with E-state index >= 15 is 0 Å². The first-order valence-electron chi connectivity index (χ1n) is 5.80. The Bertz CT molecular complexity index is 195. The van der Waals surface area contributed by atoms with Crippen molar-refractivity contribution in [1.29, 1.82) is 0 Å². The van der Waals surface area contributed by atoms with Gasteiger partial charge in [0, 0.05) is 32.8 Å². The molecule has 15 heavy (non-hydrogen) atoms. The molecule has 1 aliphatic rings. The maximum Gasteiger partial charge on any atom is 0.317 e. The zero-order valence-electron chi connectivity index (χ0n) is 9.79. The van der Waals surface area contributed by atoms with Gasteiger partial charge in [-0.05, 0) is 18.8 Å². The van der Waals surface area contributed by atoms with Gasteiger partial charge < -0.3 is 15.0 Å². The van der Waals surface area contributed by atoms with E-state index in [1.165, 1.54) is 0 Å². The molecule has 1 rings (SSSR count). The summed E-state index contributed by atoms with van der Waals surface area (Å²) >= 11 is 0. The summed E-state index contributed by atoms with van der Waals surface area (Å²) in [5.41, 5.74) is 0. The highest BCUT2D eigenvalue weighted by atomic mass is 16.5. The molecule has 0 bridgehead atoms. The summed E-state index contributed by atoms with van der Waals surface area (Å²) in [5.74, 6) is 0.586. The Morgan fingerprint density at radius 2 is 2.33 bits per heavy atom. The van der Waals surface area contributed by atoms with Crippen molar-refractivity contribution in [1.82, 2.24) is 10.2 Å². The molecule has 0 aromatic heterocycles.